The summed E-state index contributed by atoms with van der Waals surface area (Å²) in [6.45, 7) is 0. The Hall–Kier alpha value is -1.07. The number of thiocarbonyl (C=S) groups is 1. The molecule has 15 heavy (non-hydrogen) atoms. The predicted octanol–water partition coefficient (Wildman–Crippen LogP) is 2.27. The molecule has 1 N–H and O–H groups in total. The smallest absolute Gasteiger partial charge is 0.153 e. The van der Waals surface area contributed by atoms with Gasteiger partial charge in [-0.3, -0.25) is 5.43 Å². The molecule has 1 rings (SSSR count). The van der Waals surface area contributed by atoms with Gasteiger partial charge in [-0.05, 0) is 24.0 Å². The molecular formula is C10H12N2OS2. The number of rotatable bonds is 3. The Kier molecular flexibility index (Phi) is 5.14. The third-order valence-corrected chi connectivity index (χ3v) is 2.70. The number of ether oxygens (including phenoxy) is 1. The van der Waals surface area contributed by atoms with Crippen molar-refractivity contribution in [1.29, 1.82) is 0 Å². The second-order valence-electron chi connectivity index (χ2n) is 2.64. The van der Waals surface area contributed by atoms with E-state index in [0.717, 1.165) is 11.3 Å². The molecule has 5 heteroatoms. The van der Waals surface area contributed by atoms with Crippen molar-refractivity contribution in [2.45, 2.75) is 0 Å². The molecule has 0 aliphatic carbocycles. The summed E-state index contributed by atoms with van der Waals surface area (Å²) >= 11 is 6.38. The Morgan fingerprint density at radius 3 is 3.07 bits per heavy atom. The lowest BCUT2D eigenvalue weighted by molar-refractivity contribution is 0.415. The van der Waals surface area contributed by atoms with Crippen LogP contribution >= 0.6 is 24.0 Å². The van der Waals surface area contributed by atoms with Crippen LogP contribution < -0.4 is 10.2 Å². The maximum atomic E-state index is 5.09. The van der Waals surface area contributed by atoms with Gasteiger partial charge in [-0.2, -0.15) is 5.10 Å². The third kappa shape index (κ3) is 4.31. The highest BCUT2D eigenvalue weighted by Gasteiger charge is 1.92. The van der Waals surface area contributed by atoms with E-state index in [1.54, 1.807) is 13.3 Å². The molecular weight excluding hydrogens is 228 g/mol. The maximum Gasteiger partial charge on any atom is 0.153 e. The molecule has 0 fully saturated rings. The topological polar surface area (TPSA) is 33.6 Å². The van der Waals surface area contributed by atoms with Crippen molar-refractivity contribution in [3.8, 4) is 5.75 Å². The minimum absolute atomic E-state index is 0.647. The zero-order valence-corrected chi connectivity index (χ0v) is 10.2. The number of hydrogen-bond acceptors (Lipinski definition) is 4. The number of thioether (sulfide) groups is 1. The van der Waals surface area contributed by atoms with Gasteiger partial charge in [-0.25, -0.2) is 0 Å². The Balaban J connectivity index is 2.59. The summed E-state index contributed by atoms with van der Waals surface area (Å²) in [4.78, 5) is 0. The molecule has 0 unspecified atom stereocenters. The quantitative estimate of drug-likeness (QED) is 0.499. The van der Waals surface area contributed by atoms with Crippen molar-refractivity contribution in [2.75, 3.05) is 13.4 Å². The number of methoxy groups -OCH3 is 1. The van der Waals surface area contributed by atoms with Crippen LogP contribution in [0.5, 0.6) is 5.75 Å². The molecule has 0 aromatic heterocycles. The lowest BCUT2D eigenvalue weighted by Crippen LogP contribution is -2.10. The molecule has 0 amide bonds. The SMILES string of the molecule is COc1cccc(C=NNC(=S)SC)c1. The average Bonchev–Trinajstić information content (AvgIpc) is 2.29. The fraction of sp³-hybridized carbons (Fsp3) is 0.200. The number of nitrogens with zero attached hydrogens (tertiary/aromatic N) is 1. The van der Waals surface area contributed by atoms with Crippen LogP contribution in [0.4, 0.5) is 0 Å². The minimum atomic E-state index is 0.647. The van der Waals surface area contributed by atoms with E-state index < -0.39 is 0 Å². The van der Waals surface area contributed by atoms with Crippen LogP contribution in [0.2, 0.25) is 0 Å². The zero-order chi connectivity index (χ0) is 11.1. The summed E-state index contributed by atoms with van der Waals surface area (Å²) in [5.74, 6) is 0.811. The van der Waals surface area contributed by atoms with Crippen molar-refractivity contribution in [3.05, 3.63) is 29.8 Å². The van der Waals surface area contributed by atoms with Gasteiger partial charge >= 0.3 is 0 Å². The first kappa shape index (κ1) is 12.0. The predicted molar refractivity (Wildman–Crippen MR) is 69.8 cm³/mol. The molecule has 1 aromatic carbocycles. The van der Waals surface area contributed by atoms with E-state index in [9.17, 15) is 0 Å². The van der Waals surface area contributed by atoms with E-state index in [1.807, 2.05) is 30.5 Å². The Morgan fingerprint density at radius 2 is 2.40 bits per heavy atom. The normalized spacial score (nSPS) is 10.3. The van der Waals surface area contributed by atoms with Crippen LogP contribution in [0.3, 0.4) is 0 Å². The van der Waals surface area contributed by atoms with Gasteiger partial charge in [0.25, 0.3) is 0 Å². The first-order chi connectivity index (χ1) is 7.26. The molecule has 0 aliphatic rings. The van der Waals surface area contributed by atoms with E-state index in [2.05, 4.69) is 10.5 Å². The van der Waals surface area contributed by atoms with Crippen molar-refractivity contribution >= 4 is 34.5 Å². The fourth-order valence-electron chi connectivity index (χ4n) is 0.927. The van der Waals surface area contributed by atoms with E-state index in [0.29, 0.717) is 4.32 Å². The first-order valence-corrected chi connectivity index (χ1v) is 5.90. The zero-order valence-electron chi connectivity index (χ0n) is 8.56. The van der Waals surface area contributed by atoms with Gasteiger partial charge in [0.1, 0.15) is 5.75 Å². The Bertz CT molecular complexity index is 366. The van der Waals surface area contributed by atoms with Crippen molar-refractivity contribution < 1.29 is 4.74 Å². The van der Waals surface area contributed by atoms with Crippen molar-refractivity contribution in [2.24, 2.45) is 5.10 Å². The summed E-state index contributed by atoms with van der Waals surface area (Å²) in [5.41, 5.74) is 3.70. The standard InChI is InChI=1S/C10H12N2OS2/c1-13-9-5-3-4-8(6-9)7-11-12-10(14)15-2/h3-7H,1-2H3,(H,12,14). The molecule has 0 atom stereocenters. The number of benzene rings is 1. The molecule has 0 saturated heterocycles. The van der Waals surface area contributed by atoms with Gasteiger partial charge < -0.3 is 4.74 Å². The molecule has 0 heterocycles. The largest absolute Gasteiger partial charge is 0.497 e. The molecule has 0 radical (unpaired) electrons. The van der Waals surface area contributed by atoms with Crippen LogP contribution in [0.1, 0.15) is 5.56 Å². The van der Waals surface area contributed by atoms with Crippen LogP contribution in [0, 0.1) is 0 Å². The Labute approximate surface area is 98.9 Å². The molecule has 0 saturated carbocycles. The van der Waals surface area contributed by atoms with Crippen molar-refractivity contribution in [1.82, 2.24) is 5.43 Å². The van der Waals surface area contributed by atoms with Crippen LogP contribution in [-0.2, 0) is 0 Å². The van der Waals surface area contributed by atoms with E-state index in [1.165, 1.54) is 11.8 Å². The molecule has 0 spiro atoms. The second-order valence-corrected chi connectivity index (χ2v) is 4.12. The van der Waals surface area contributed by atoms with Crippen molar-refractivity contribution in [3.63, 3.8) is 0 Å². The van der Waals surface area contributed by atoms with E-state index in [-0.39, 0.29) is 0 Å². The van der Waals surface area contributed by atoms with Gasteiger partial charge in [-0.1, -0.05) is 36.1 Å². The van der Waals surface area contributed by atoms with E-state index in [4.69, 9.17) is 17.0 Å². The summed E-state index contributed by atoms with van der Waals surface area (Å²) in [7, 11) is 1.64. The number of hydrazone groups is 1. The van der Waals surface area contributed by atoms with Gasteiger partial charge in [0.05, 0.1) is 13.3 Å². The molecule has 0 aliphatic heterocycles. The van der Waals surface area contributed by atoms with Gasteiger partial charge in [0.15, 0.2) is 4.32 Å². The van der Waals surface area contributed by atoms with Crippen LogP contribution in [0.15, 0.2) is 29.4 Å². The van der Waals surface area contributed by atoms with E-state index >= 15 is 0 Å². The third-order valence-electron chi connectivity index (χ3n) is 1.65. The van der Waals surface area contributed by atoms with Gasteiger partial charge in [0, 0.05) is 0 Å². The van der Waals surface area contributed by atoms with Gasteiger partial charge in [-0.15, -0.1) is 0 Å². The molecule has 0 bridgehead atoms. The number of hydrogen-bond donors (Lipinski definition) is 1. The lowest BCUT2D eigenvalue weighted by atomic mass is 10.2. The van der Waals surface area contributed by atoms with Crippen LogP contribution in [-0.4, -0.2) is 23.9 Å². The summed E-state index contributed by atoms with van der Waals surface area (Å²) in [6, 6.07) is 7.63. The number of nitrogens with one attached hydrogen (secondary N) is 1. The summed E-state index contributed by atoms with van der Waals surface area (Å²) in [5, 5.41) is 4.00. The fourth-order valence-corrected chi connectivity index (χ4v) is 1.12. The highest BCUT2D eigenvalue weighted by Crippen LogP contribution is 2.10. The van der Waals surface area contributed by atoms with Gasteiger partial charge in [0.2, 0.25) is 0 Å². The minimum Gasteiger partial charge on any atom is -0.497 e. The summed E-state index contributed by atoms with van der Waals surface area (Å²) < 4.78 is 5.74. The second kappa shape index (κ2) is 6.42. The first-order valence-electron chi connectivity index (χ1n) is 4.27. The highest BCUT2D eigenvalue weighted by atomic mass is 32.2. The Morgan fingerprint density at radius 1 is 1.60 bits per heavy atom. The maximum absolute atomic E-state index is 5.09. The summed E-state index contributed by atoms with van der Waals surface area (Å²) in [6.07, 6.45) is 3.60. The molecule has 1 aromatic rings. The molecule has 3 nitrogen and oxygen atoms in total. The lowest BCUT2D eigenvalue weighted by Gasteiger charge is -2.00. The monoisotopic (exact) mass is 240 g/mol. The van der Waals surface area contributed by atoms with Crippen LogP contribution in [0.25, 0.3) is 0 Å². The highest BCUT2D eigenvalue weighted by molar-refractivity contribution is 8.22. The molecule has 80 valence electrons. The average molecular weight is 240 g/mol.